The Bertz CT molecular complexity index is 493. The molecule has 18 heavy (non-hydrogen) atoms. The fraction of sp³-hybridized carbons (Fsp3) is 0.455. The highest BCUT2D eigenvalue weighted by Crippen LogP contribution is 2.27. The third-order valence-electron chi connectivity index (χ3n) is 2.89. The molecule has 0 unspecified atom stereocenters. The fourth-order valence-electron chi connectivity index (χ4n) is 1.99. The second kappa shape index (κ2) is 6.44. The second-order valence-corrected chi connectivity index (χ2v) is 7.20. The van der Waals surface area contributed by atoms with Crippen LogP contribution in [0.5, 0.6) is 0 Å². The van der Waals surface area contributed by atoms with Gasteiger partial charge in [-0.2, -0.15) is 0 Å². The molecule has 0 amide bonds. The molecule has 7 heteroatoms. The van der Waals surface area contributed by atoms with Crippen molar-refractivity contribution in [2.45, 2.75) is 23.0 Å². The largest absolute Gasteiger partial charge is 0.317 e. The van der Waals surface area contributed by atoms with E-state index in [1.54, 1.807) is 0 Å². The number of hydrogen-bond acceptors (Lipinski definition) is 3. The van der Waals surface area contributed by atoms with Crippen LogP contribution < -0.4 is 5.32 Å². The van der Waals surface area contributed by atoms with Gasteiger partial charge in [-0.25, -0.2) is 8.42 Å². The molecule has 0 radical (unpaired) electrons. The Morgan fingerprint density at radius 1 is 1.06 bits per heavy atom. The molecule has 0 spiro atoms. The summed E-state index contributed by atoms with van der Waals surface area (Å²) in [6.07, 6.45) is 1.26. The Kier molecular flexibility index (Phi) is 5.74. The predicted molar refractivity (Wildman–Crippen MR) is 76.8 cm³/mol. The molecule has 1 fully saturated rings. The zero-order valence-electron chi connectivity index (χ0n) is 9.53. The molecule has 1 aromatic carbocycles. The van der Waals surface area contributed by atoms with Gasteiger partial charge in [-0.3, -0.25) is 0 Å². The molecule has 2 rings (SSSR count). The van der Waals surface area contributed by atoms with E-state index in [2.05, 4.69) is 5.32 Å². The van der Waals surface area contributed by atoms with Crippen LogP contribution >= 0.6 is 35.6 Å². The number of nitrogens with one attached hydrogen (secondary N) is 1. The van der Waals surface area contributed by atoms with Crippen molar-refractivity contribution < 1.29 is 8.42 Å². The van der Waals surface area contributed by atoms with Crippen LogP contribution in [0.3, 0.4) is 0 Å². The lowest BCUT2D eigenvalue weighted by Gasteiger charge is -2.22. The van der Waals surface area contributed by atoms with Crippen molar-refractivity contribution in [3.8, 4) is 0 Å². The topological polar surface area (TPSA) is 46.2 Å². The van der Waals surface area contributed by atoms with E-state index in [4.69, 9.17) is 23.2 Å². The highest BCUT2D eigenvalue weighted by molar-refractivity contribution is 7.92. The maximum Gasteiger partial charge on any atom is 0.181 e. The van der Waals surface area contributed by atoms with Gasteiger partial charge in [0.25, 0.3) is 0 Å². The number of halogens is 3. The summed E-state index contributed by atoms with van der Waals surface area (Å²) in [5, 5.41) is 3.51. The summed E-state index contributed by atoms with van der Waals surface area (Å²) in [6, 6.07) is 4.46. The van der Waals surface area contributed by atoms with E-state index in [1.165, 1.54) is 18.2 Å². The Morgan fingerprint density at radius 2 is 1.56 bits per heavy atom. The molecular weight excluding hydrogens is 317 g/mol. The average Bonchev–Trinajstić information content (AvgIpc) is 2.29. The molecule has 1 heterocycles. The third kappa shape index (κ3) is 3.52. The summed E-state index contributed by atoms with van der Waals surface area (Å²) in [7, 11) is -3.32. The predicted octanol–water partition coefficient (Wildman–Crippen LogP) is 2.94. The van der Waals surface area contributed by atoms with Gasteiger partial charge in [-0.05, 0) is 44.1 Å². The van der Waals surface area contributed by atoms with Crippen LogP contribution in [0.15, 0.2) is 23.1 Å². The number of rotatable bonds is 2. The van der Waals surface area contributed by atoms with Crippen LogP contribution in [-0.2, 0) is 9.84 Å². The first-order valence-corrected chi connectivity index (χ1v) is 7.71. The summed E-state index contributed by atoms with van der Waals surface area (Å²) < 4.78 is 24.7. The second-order valence-electron chi connectivity index (χ2n) is 4.10. The lowest BCUT2D eigenvalue weighted by atomic mass is 10.2. The fourth-order valence-corrected chi connectivity index (χ4v) is 4.47. The monoisotopic (exact) mass is 329 g/mol. The molecule has 1 aromatic rings. The highest BCUT2D eigenvalue weighted by Gasteiger charge is 2.29. The van der Waals surface area contributed by atoms with E-state index in [9.17, 15) is 8.42 Å². The van der Waals surface area contributed by atoms with Crippen molar-refractivity contribution in [2.24, 2.45) is 0 Å². The summed E-state index contributed by atoms with van der Waals surface area (Å²) in [4.78, 5) is 0.224. The van der Waals surface area contributed by atoms with Crippen LogP contribution in [0, 0.1) is 0 Å². The molecule has 1 aliphatic heterocycles. The Hall–Kier alpha value is -0.000000000000000132. The summed E-state index contributed by atoms with van der Waals surface area (Å²) in [5.74, 6) is 0. The van der Waals surface area contributed by atoms with E-state index in [1.807, 2.05) is 0 Å². The van der Waals surface area contributed by atoms with Gasteiger partial charge in [-0.1, -0.05) is 23.2 Å². The van der Waals surface area contributed by atoms with Crippen LogP contribution in [0.4, 0.5) is 0 Å². The first-order chi connectivity index (χ1) is 8.00. The maximum absolute atomic E-state index is 12.3. The SMILES string of the molecule is Cl.O=S(=O)(c1cc(Cl)cc(Cl)c1)C1CCNCC1. The Morgan fingerprint density at radius 3 is 2.06 bits per heavy atom. The standard InChI is InChI=1S/C11H13Cl2NO2S.ClH/c12-8-5-9(13)7-11(6-8)17(15,16)10-1-3-14-4-2-10;/h5-7,10,14H,1-4H2;1H. The van der Waals surface area contributed by atoms with Gasteiger partial charge in [0.2, 0.25) is 0 Å². The smallest absolute Gasteiger partial charge is 0.181 e. The normalized spacial score (nSPS) is 17.2. The van der Waals surface area contributed by atoms with Crippen molar-refractivity contribution in [2.75, 3.05) is 13.1 Å². The van der Waals surface area contributed by atoms with Gasteiger partial charge in [0.1, 0.15) is 0 Å². The molecule has 1 saturated heterocycles. The quantitative estimate of drug-likeness (QED) is 0.907. The molecule has 0 aromatic heterocycles. The van der Waals surface area contributed by atoms with Crippen molar-refractivity contribution >= 4 is 45.4 Å². The van der Waals surface area contributed by atoms with Gasteiger partial charge < -0.3 is 5.32 Å². The summed E-state index contributed by atoms with van der Waals surface area (Å²) >= 11 is 11.7. The number of hydrogen-bond donors (Lipinski definition) is 1. The molecule has 102 valence electrons. The van der Waals surface area contributed by atoms with Crippen molar-refractivity contribution in [3.05, 3.63) is 28.2 Å². The van der Waals surface area contributed by atoms with Gasteiger partial charge in [0.05, 0.1) is 10.1 Å². The Balaban J connectivity index is 0.00000162. The zero-order valence-corrected chi connectivity index (χ0v) is 12.7. The first kappa shape index (κ1) is 16.1. The summed E-state index contributed by atoms with van der Waals surface area (Å²) in [5.41, 5.74) is 0. The van der Waals surface area contributed by atoms with E-state index >= 15 is 0 Å². The van der Waals surface area contributed by atoms with Crippen LogP contribution in [0.25, 0.3) is 0 Å². The maximum atomic E-state index is 12.3. The minimum absolute atomic E-state index is 0. The number of sulfone groups is 1. The van der Waals surface area contributed by atoms with E-state index < -0.39 is 9.84 Å². The van der Waals surface area contributed by atoms with Crippen LogP contribution in [-0.4, -0.2) is 26.8 Å². The van der Waals surface area contributed by atoms with Crippen LogP contribution in [0.2, 0.25) is 10.0 Å². The first-order valence-electron chi connectivity index (χ1n) is 5.41. The van der Waals surface area contributed by atoms with E-state index in [0.717, 1.165) is 13.1 Å². The lowest BCUT2D eigenvalue weighted by Crippen LogP contribution is -2.35. The van der Waals surface area contributed by atoms with Gasteiger partial charge in [0, 0.05) is 10.0 Å². The minimum Gasteiger partial charge on any atom is -0.317 e. The van der Waals surface area contributed by atoms with E-state index in [-0.39, 0.29) is 22.6 Å². The van der Waals surface area contributed by atoms with E-state index in [0.29, 0.717) is 22.9 Å². The molecule has 0 bridgehead atoms. The van der Waals surface area contributed by atoms with Gasteiger partial charge in [0.15, 0.2) is 9.84 Å². The minimum atomic E-state index is -3.32. The molecule has 1 N–H and O–H groups in total. The third-order valence-corrected chi connectivity index (χ3v) is 5.57. The Labute approximate surface area is 123 Å². The molecule has 1 aliphatic rings. The van der Waals surface area contributed by atoms with Crippen molar-refractivity contribution in [1.29, 1.82) is 0 Å². The number of benzene rings is 1. The van der Waals surface area contributed by atoms with Crippen molar-refractivity contribution in [1.82, 2.24) is 5.32 Å². The molecule has 0 aliphatic carbocycles. The summed E-state index contributed by atoms with van der Waals surface area (Å²) in [6.45, 7) is 1.47. The van der Waals surface area contributed by atoms with Gasteiger partial charge in [-0.15, -0.1) is 12.4 Å². The molecule has 3 nitrogen and oxygen atoms in total. The lowest BCUT2D eigenvalue weighted by molar-refractivity contribution is 0.496. The van der Waals surface area contributed by atoms with Crippen LogP contribution in [0.1, 0.15) is 12.8 Å². The molecule has 0 saturated carbocycles. The zero-order chi connectivity index (χ0) is 12.5. The molecular formula is C11H14Cl3NO2S. The molecule has 0 atom stereocenters. The highest BCUT2D eigenvalue weighted by atomic mass is 35.5. The van der Waals surface area contributed by atoms with Crippen molar-refractivity contribution in [3.63, 3.8) is 0 Å². The van der Waals surface area contributed by atoms with Gasteiger partial charge >= 0.3 is 0 Å². The average molecular weight is 331 g/mol. The number of piperidine rings is 1.